The van der Waals surface area contributed by atoms with E-state index in [1.54, 1.807) is 0 Å². The Morgan fingerprint density at radius 1 is 0.343 bits per heavy atom. The highest BCUT2D eigenvalue weighted by Crippen LogP contribution is 2.63. The fourth-order valence-corrected chi connectivity index (χ4v) is 12.0. The van der Waals surface area contributed by atoms with Crippen LogP contribution in [0.1, 0.15) is 22.3 Å². The zero-order valence-corrected chi connectivity index (χ0v) is 36.2. The summed E-state index contributed by atoms with van der Waals surface area (Å²) in [5.74, 6) is 0. The van der Waals surface area contributed by atoms with Crippen LogP contribution in [0.2, 0.25) is 0 Å². The lowest BCUT2D eigenvalue weighted by atomic mass is 9.70. The molecule has 2 aliphatic carbocycles. The first-order valence-corrected chi connectivity index (χ1v) is 23.1. The molecule has 3 heterocycles. The van der Waals surface area contributed by atoms with Gasteiger partial charge >= 0.3 is 0 Å². The molecule has 15 rings (SSSR count). The minimum atomic E-state index is -0.531. The number of pyridine rings is 1. The third-order valence-electron chi connectivity index (χ3n) is 14.8. The van der Waals surface area contributed by atoms with Gasteiger partial charge in [-0.05, 0) is 96.9 Å². The Morgan fingerprint density at radius 2 is 0.881 bits per heavy atom. The normalized spacial score (nSPS) is 13.2. The van der Waals surface area contributed by atoms with E-state index < -0.39 is 5.41 Å². The van der Waals surface area contributed by atoms with Crippen LogP contribution in [-0.2, 0) is 5.41 Å². The van der Waals surface area contributed by atoms with Gasteiger partial charge in [0.1, 0.15) is 16.8 Å². The monoisotopic (exact) mass is 850 g/mol. The van der Waals surface area contributed by atoms with E-state index in [9.17, 15) is 0 Å². The molecule has 0 N–H and O–H groups in total. The van der Waals surface area contributed by atoms with Crippen molar-refractivity contribution in [1.82, 2.24) is 9.38 Å². The average molecular weight is 851 g/mol. The van der Waals surface area contributed by atoms with Gasteiger partial charge in [0.2, 0.25) is 0 Å². The molecule has 2 aliphatic rings. The summed E-state index contributed by atoms with van der Waals surface area (Å²) in [6.45, 7) is 0. The number of nitrogens with zero attached hydrogens (tertiary/aromatic N) is 2. The molecule has 0 amide bonds. The van der Waals surface area contributed by atoms with Crippen LogP contribution in [0.4, 0.5) is 0 Å². The van der Waals surface area contributed by atoms with E-state index >= 15 is 0 Å². The van der Waals surface area contributed by atoms with E-state index in [1.807, 2.05) is 6.07 Å². The Balaban J connectivity index is 0.973. The lowest BCUT2D eigenvalue weighted by molar-refractivity contribution is 0.670. The molecule has 0 saturated heterocycles. The number of rotatable bonds is 4. The van der Waals surface area contributed by atoms with Crippen LogP contribution in [0.5, 0.6) is 0 Å². The first-order chi connectivity index (χ1) is 33.2. The highest BCUT2D eigenvalue weighted by Gasteiger charge is 2.51. The molecular formula is C64H38N2O. The number of aromatic nitrogens is 2. The van der Waals surface area contributed by atoms with E-state index in [2.05, 4.69) is 229 Å². The van der Waals surface area contributed by atoms with E-state index in [0.29, 0.717) is 0 Å². The van der Waals surface area contributed by atoms with Crippen molar-refractivity contribution in [3.63, 3.8) is 0 Å². The molecule has 0 saturated carbocycles. The van der Waals surface area contributed by atoms with Crippen molar-refractivity contribution in [3.05, 3.63) is 253 Å². The zero-order valence-electron chi connectivity index (χ0n) is 36.2. The lowest BCUT2D eigenvalue weighted by Crippen LogP contribution is -2.26. The molecule has 0 bridgehead atoms. The Morgan fingerprint density at radius 3 is 1.63 bits per heavy atom. The molecule has 0 fully saturated rings. The largest absolute Gasteiger partial charge is 0.455 e. The van der Waals surface area contributed by atoms with Gasteiger partial charge < -0.3 is 4.42 Å². The predicted molar refractivity (Wildman–Crippen MR) is 276 cm³/mol. The van der Waals surface area contributed by atoms with E-state index in [1.165, 1.54) is 66.4 Å². The molecular weight excluding hydrogens is 813 g/mol. The maximum Gasteiger partial charge on any atom is 0.146 e. The fraction of sp³-hybridized carbons (Fsp3) is 0.0156. The van der Waals surface area contributed by atoms with Gasteiger partial charge in [-0.2, -0.15) is 0 Å². The van der Waals surface area contributed by atoms with Gasteiger partial charge in [-0.15, -0.1) is 0 Å². The standard InChI is InChI=1S/C64H38N2O/c1-3-16-39(17-4-1)60-61(40-18-5-2-6-19-40)66-58-35-32-41(36-53(58)45-20-7-8-24-52(45)63(66)65-60)42-30-33-48-49-34-31-43(44-25-15-26-51-50-23-11-14-29-59(50)67-62(44)51)38-57(49)64(56(48)37-42)54-27-12-9-21-46(54)47-22-10-13-28-55(47)64/h1-38H. The van der Waals surface area contributed by atoms with Gasteiger partial charge in [-0.25, -0.2) is 4.98 Å². The first-order valence-electron chi connectivity index (χ1n) is 23.1. The third kappa shape index (κ3) is 4.92. The van der Waals surface area contributed by atoms with Crippen LogP contribution >= 0.6 is 0 Å². The molecule has 3 heteroatoms. The van der Waals surface area contributed by atoms with Crippen molar-refractivity contribution in [1.29, 1.82) is 0 Å². The smallest absolute Gasteiger partial charge is 0.146 e. The predicted octanol–water partition coefficient (Wildman–Crippen LogP) is 16.6. The number of hydrogen-bond donors (Lipinski definition) is 0. The zero-order chi connectivity index (χ0) is 43.8. The second-order valence-corrected chi connectivity index (χ2v) is 18.1. The van der Waals surface area contributed by atoms with Crippen molar-refractivity contribution < 1.29 is 4.42 Å². The molecule has 0 radical (unpaired) electrons. The van der Waals surface area contributed by atoms with Crippen molar-refractivity contribution in [3.8, 4) is 67.0 Å². The summed E-state index contributed by atoms with van der Waals surface area (Å²) >= 11 is 0. The molecule has 0 atom stereocenters. The van der Waals surface area contributed by atoms with Gasteiger partial charge in [0.15, 0.2) is 0 Å². The lowest BCUT2D eigenvalue weighted by Gasteiger charge is -2.31. The Kier molecular flexibility index (Phi) is 7.43. The number of benzene rings is 10. The molecule has 67 heavy (non-hydrogen) atoms. The number of imidazole rings is 1. The summed E-state index contributed by atoms with van der Waals surface area (Å²) in [5, 5.41) is 5.78. The fourth-order valence-electron chi connectivity index (χ4n) is 12.0. The van der Waals surface area contributed by atoms with Gasteiger partial charge in [0.25, 0.3) is 0 Å². The van der Waals surface area contributed by atoms with Gasteiger partial charge in [-0.3, -0.25) is 4.40 Å². The summed E-state index contributed by atoms with van der Waals surface area (Å²) in [6, 6.07) is 84.5. The molecule has 10 aromatic carbocycles. The second kappa shape index (κ2) is 13.6. The summed E-state index contributed by atoms with van der Waals surface area (Å²) in [5.41, 5.74) is 22.7. The maximum absolute atomic E-state index is 6.64. The number of para-hydroxylation sites is 2. The summed E-state index contributed by atoms with van der Waals surface area (Å²) in [6.07, 6.45) is 0. The molecule has 3 aromatic heterocycles. The van der Waals surface area contributed by atoms with Gasteiger partial charge in [0, 0.05) is 38.2 Å². The summed E-state index contributed by atoms with van der Waals surface area (Å²) in [4.78, 5) is 5.46. The van der Waals surface area contributed by atoms with E-state index in [0.717, 1.165) is 72.1 Å². The average Bonchev–Trinajstić information content (AvgIpc) is 4.15. The van der Waals surface area contributed by atoms with Crippen LogP contribution in [0, 0.1) is 0 Å². The number of hydrogen-bond acceptors (Lipinski definition) is 2. The van der Waals surface area contributed by atoms with Crippen molar-refractivity contribution in [2.75, 3.05) is 0 Å². The molecule has 0 unspecified atom stereocenters. The molecule has 310 valence electrons. The van der Waals surface area contributed by atoms with Crippen LogP contribution in [-0.4, -0.2) is 9.38 Å². The number of fused-ring (bicyclic) bond motifs is 19. The number of furan rings is 1. The van der Waals surface area contributed by atoms with Gasteiger partial charge in [-0.1, -0.05) is 200 Å². The Labute approximate surface area is 386 Å². The quantitative estimate of drug-likeness (QED) is 0.165. The van der Waals surface area contributed by atoms with Gasteiger partial charge in [0.05, 0.1) is 22.3 Å². The molecule has 3 nitrogen and oxygen atoms in total. The maximum atomic E-state index is 6.64. The minimum Gasteiger partial charge on any atom is -0.455 e. The summed E-state index contributed by atoms with van der Waals surface area (Å²) < 4.78 is 9.03. The van der Waals surface area contributed by atoms with Crippen molar-refractivity contribution in [2.45, 2.75) is 5.41 Å². The van der Waals surface area contributed by atoms with Crippen molar-refractivity contribution in [2.24, 2.45) is 0 Å². The Hall–Kier alpha value is -8.79. The van der Waals surface area contributed by atoms with Crippen LogP contribution in [0.3, 0.4) is 0 Å². The third-order valence-corrected chi connectivity index (χ3v) is 14.8. The first kappa shape index (κ1) is 36.5. The topological polar surface area (TPSA) is 30.4 Å². The second-order valence-electron chi connectivity index (χ2n) is 18.1. The SMILES string of the molecule is c1ccc(-c2nc3c4ccccc4c4cc(-c5ccc6c(c5)C5(c7ccccc7-c7ccccc75)c5cc(-c7cccc8c7oc7ccccc78)ccc5-6)ccc4n3c2-c2ccccc2)cc1. The highest BCUT2D eigenvalue weighted by molar-refractivity contribution is 6.14. The highest BCUT2D eigenvalue weighted by atomic mass is 16.3. The van der Waals surface area contributed by atoms with Crippen LogP contribution in [0.25, 0.3) is 116 Å². The molecule has 1 spiro atoms. The van der Waals surface area contributed by atoms with Crippen LogP contribution < -0.4 is 0 Å². The van der Waals surface area contributed by atoms with E-state index in [-0.39, 0.29) is 0 Å². The Bertz CT molecular complexity index is 4170. The summed E-state index contributed by atoms with van der Waals surface area (Å²) in [7, 11) is 0. The van der Waals surface area contributed by atoms with Crippen LogP contribution in [0.15, 0.2) is 235 Å². The van der Waals surface area contributed by atoms with E-state index in [4.69, 9.17) is 9.40 Å². The van der Waals surface area contributed by atoms with Crippen molar-refractivity contribution >= 4 is 49.3 Å². The molecule has 0 aliphatic heterocycles. The minimum absolute atomic E-state index is 0.531. The molecule has 13 aromatic rings.